The van der Waals surface area contributed by atoms with Gasteiger partial charge in [0.1, 0.15) is 0 Å². The van der Waals surface area contributed by atoms with Crippen molar-refractivity contribution in [2.75, 3.05) is 20.2 Å². The molecule has 1 aromatic carbocycles. The number of rotatable bonds is 8. The number of nitrogens with zero attached hydrogens (tertiary/aromatic N) is 3. The minimum atomic E-state index is 0.0694. The first-order valence-electron chi connectivity index (χ1n) is 9.52. The van der Waals surface area contributed by atoms with Gasteiger partial charge < -0.3 is 15.4 Å². The Kier molecular flexibility index (Phi) is 7.85. The number of ether oxygens (including phenoxy) is 1. The van der Waals surface area contributed by atoms with Gasteiger partial charge in [-0.2, -0.15) is 5.10 Å². The summed E-state index contributed by atoms with van der Waals surface area (Å²) in [4.78, 5) is 4.73. The Morgan fingerprint density at radius 3 is 2.63 bits per heavy atom. The van der Waals surface area contributed by atoms with Crippen LogP contribution in [0.5, 0.6) is 0 Å². The highest BCUT2D eigenvalue weighted by molar-refractivity contribution is 5.79. The molecule has 0 aliphatic carbocycles. The van der Waals surface area contributed by atoms with Gasteiger partial charge in [0, 0.05) is 32.6 Å². The Morgan fingerprint density at radius 1 is 1.22 bits per heavy atom. The molecular formula is C21H33N5O. The maximum atomic E-state index is 5.62. The third-order valence-corrected chi connectivity index (χ3v) is 4.36. The van der Waals surface area contributed by atoms with Crippen LogP contribution in [0.4, 0.5) is 0 Å². The van der Waals surface area contributed by atoms with Crippen LogP contribution in [0.1, 0.15) is 38.8 Å². The predicted octanol–water partition coefficient (Wildman–Crippen LogP) is 3.05. The van der Waals surface area contributed by atoms with Gasteiger partial charge in [-0.1, -0.05) is 45.0 Å². The fourth-order valence-corrected chi connectivity index (χ4v) is 2.85. The van der Waals surface area contributed by atoms with Crippen LogP contribution in [-0.2, 0) is 17.8 Å². The van der Waals surface area contributed by atoms with Crippen LogP contribution in [0.25, 0.3) is 0 Å². The van der Waals surface area contributed by atoms with Gasteiger partial charge in [0.05, 0.1) is 19.2 Å². The van der Waals surface area contributed by atoms with Crippen molar-refractivity contribution in [3.05, 3.63) is 53.9 Å². The van der Waals surface area contributed by atoms with Crippen LogP contribution in [0.15, 0.2) is 47.7 Å². The largest absolute Gasteiger partial charge is 0.379 e. The molecule has 0 aliphatic heterocycles. The standard InChI is InChI=1S/C21H33N5O/c1-6-22-20(24-15-19(27-5)21(2,3)4)23-14-17-9-7-10-18(13-17)16-26-12-8-11-25-26/h7-13,19H,6,14-16H2,1-5H3,(H2,22,23,24). The van der Waals surface area contributed by atoms with Crippen molar-refractivity contribution < 1.29 is 4.74 Å². The first-order valence-corrected chi connectivity index (χ1v) is 9.52. The number of aliphatic imine (C=N–C) groups is 1. The van der Waals surface area contributed by atoms with E-state index in [2.05, 4.69) is 67.7 Å². The van der Waals surface area contributed by atoms with E-state index in [4.69, 9.17) is 9.73 Å². The number of benzene rings is 1. The third kappa shape index (κ3) is 7.06. The molecule has 1 aromatic heterocycles. The van der Waals surface area contributed by atoms with Gasteiger partial charge >= 0.3 is 0 Å². The summed E-state index contributed by atoms with van der Waals surface area (Å²) < 4.78 is 7.54. The van der Waals surface area contributed by atoms with Gasteiger partial charge in [-0.3, -0.25) is 4.68 Å². The number of methoxy groups -OCH3 is 1. The monoisotopic (exact) mass is 371 g/mol. The van der Waals surface area contributed by atoms with Crippen LogP contribution in [0.3, 0.4) is 0 Å². The second-order valence-electron chi connectivity index (χ2n) is 7.69. The Bertz CT molecular complexity index is 704. The van der Waals surface area contributed by atoms with Gasteiger partial charge in [-0.25, -0.2) is 4.99 Å². The van der Waals surface area contributed by atoms with E-state index in [1.807, 2.05) is 16.9 Å². The molecule has 0 saturated carbocycles. The maximum absolute atomic E-state index is 5.62. The number of aromatic nitrogens is 2. The molecule has 6 nitrogen and oxygen atoms in total. The molecule has 1 atom stereocenters. The average Bonchev–Trinajstić information content (AvgIpc) is 3.12. The quantitative estimate of drug-likeness (QED) is 0.553. The summed E-state index contributed by atoms with van der Waals surface area (Å²) in [7, 11) is 1.76. The Balaban J connectivity index is 1.99. The average molecular weight is 372 g/mol. The normalized spacial score (nSPS) is 13.4. The van der Waals surface area contributed by atoms with Crippen LogP contribution in [0.2, 0.25) is 0 Å². The van der Waals surface area contributed by atoms with E-state index in [0.29, 0.717) is 13.1 Å². The van der Waals surface area contributed by atoms with Crippen LogP contribution in [0, 0.1) is 5.41 Å². The summed E-state index contributed by atoms with van der Waals surface area (Å²) in [6, 6.07) is 10.4. The van der Waals surface area contributed by atoms with Crippen LogP contribution in [-0.4, -0.2) is 42.0 Å². The van der Waals surface area contributed by atoms with Crippen molar-refractivity contribution in [2.45, 2.75) is 46.9 Å². The Hall–Kier alpha value is -2.34. The van der Waals surface area contributed by atoms with E-state index >= 15 is 0 Å². The lowest BCUT2D eigenvalue weighted by atomic mass is 9.89. The van der Waals surface area contributed by atoms with Crippen molar-refractivity contribution in [3.8, 4) is 0 Å². The van der Waals surface area contributed by atoms with E-state index in [-0.39, 0.29) is 11.5 Å². The molecule has 0 fully saturated rings. The number of nitrogens with one attached hydrogen (secondary N) is 2. The molecule has 2 N–H and O–H groups in total. The zero-order valence-electron chi connectivity index (χ0n) is 17.2. The first kappa shape index (κ1) is 21.0. The minimum absolute atomic E-state index is 0.0694. The molecule has 1 heterocycles. The zero-order valence-corrected chi connectivity index (χ0v) is 17.2. The highest BCUT2D eigenvalue weighted by Gasteiger charge is 2.24. The number of guanidine groups is 1. The summed E-state index contributed by atoms with van der Waals surface area (Å²) in [5, 5.41) is 11.0. The molecule has 148 valence electrons. The molecule has 2 aromatic rings. The third-order valence-electron chi connectivity index (χ3n) is 4.36. The first-order chi connectivity index (χ1) is 12.9. The summed E-state index contributed by atoms with van der Waals surface area (Å²) in [6.45, 7) is 11.5. The molecule has 0 amide bonds. The second kappa shape index (κ2) is 10.1. The van der Waals surface area contributed by atoms with Gasteiger partial charge in [-0.05, 0) is 29.5 Å². The summed E-state index contributed by atoms with van der Waals surface area (Å²) >= 11 is 0. The molecule has 1 unspecified atom stereocenters. The molecule has 2 rings (SSSR count). The van der Waals surface area contributed by atoms with Gasteiger partial charge in [0.15, 0.2) is 5.96 Å². The van der Waals surface area contributed by atoms with Crippen molar-refractivity contribution in [2.24, 2.45) is 10.4 Å². The van der Waals surface area contributed by atoms with Gasteiger partial charge in [-0.15, -0.1) is 0 Å². The summed E-state index contributed by atoms with van der Waals surface area (Å²) in [5.74, 6) is 0.807. The van der Waals surface area contributed by atoms with E-state index in [0.717, 1.165) is 19.0 Å². The maximum Gasteiger partial charge on any atom is 0.191 e. The molecular weight excluding hydrogens is 338 g/mol. The molecule has 6 heteroatoms. The van der Waals surface area contributed by atoms with E-state index in [1.165, 1.54) is 11.1 Å². The molecule has 0 saturated heterocycles. The van der Waals surface area contributed by atoms with E-state index in [9.17, 15) is 0 Å². The lowest BCUT2D eigenvalue weighted by Gasteiger charge is -2.30. The fraction of sp³-hybridized carbons (Fsp3) is 0.524. The lowest BCUT2D eigenvalue weighted by Crippen LogP contribution is -2.45. The fourth-order valence-electron chi connectivity index (χ4n) is 2.85. The highest BCUT2D eigenvalue weighted by Crippen LogP contribution is 2.20. The van der Waals surface area contributed by atoms with Crippen LogP contribution < -0.4 is 10.6 Å². The van der Waals surface area contributed by atoms with Crippen molar-refractivity contribution in [1.82, 2.24) is 20.4 Å². The highest BCUT2D eigenvalue weighted by atomic mass is 16.5. The smallest absolute Gasteiger partial charge is 0.191 e. The van der Waals surface area contributed by atoms with Crippen molar-refractivity contribution >= 4 is 5.96 Å². The number of hydrogen-bond acceptors (Lipinski definition) is 3. The summed E-state index contributed by atoms with van der Waals surface area (Å²) in [5.41, 5.74) is 2.47. The molecule has 0 radical (unpaired) electrons. The van der Waals surface area contributed by atoms with Gasteiger partial charge in [0.25, 0.3) is 0 Å². The van der Waals surface area contributed by atoms with E-state index < -0.39 is 0 Å². The Morgan fingerprint density at radius 2 is 2.00 bits per heavy atom. The minimum Gasteiger partial charge on any atom is -0.379 e. The van der Waals surface area contributed by atoms with Crippen molar-refractivity contribution in [1.29, 1.82) is 0 Å². The van der Waals surface area contributed by atoms with Gasteiger partial charge in [0.2, 0.25) is 0 Å². The number of hydrogen-bond donors (Lipinski definition) is 2. The molecule has 0 bridgehead atoms. The van der Waals surface area contributed by atoms with E-state index in [1.54, 1.807) is 13.3 Å². The summed E-state index contributed by atoms with van der Waals surface area (Å²) in [6.07, 6.45) is 3.88. The van der Waals surface area contributed by atoms with Crippen LogP contribution >= 0.6 is 0 Å². The molecule has 0 spiro atoms. The topological polar surface area (TPSA) is 63.5 Å². The second-order valence-corrected chi connectivity index (χ2v) is 7.69. The molecule has 27 heavy (non-hydrogen) atoms. The zero-order chi connectivity index (χ0) is 19.7. The Labute approximate surface area is 163 Å². The predicted molar refractivity (Wildman–Crippen MR) is 111 cm³/mol. The lowest BCUT2D eigenvalue weighted by molar-refractivity contribution is 0.0205. The van der Waals surface area contributed by atoms with Crippen molar-refractivity contribution in [3.63, 3.8) is 0 Å². The SMILES string of the molecule is CCNC(=NCc1cccc(Cn2cccn2)c1)NCC(OC)C(C)(C)C. The molecule has 0 aliphatic rings.